The first-order chi connectivity index (χ1) is 34.3. The number of amides is 1. The van der Waals surface area contributed by atoms with Crippen LogP contribution >= 0.6 is 0 Å². The first kappa shape index (κ1) is 50.7. The van der Waals surface area contributed by atoms with Crippen LogP contribution in [0.1, 0.15) is 98.2 Å². The van der Waals surface area contributed by atoms with Crippen LogP contribution in [0.4, 0.5) is 9.18 Å². The Balaban J connectivity index is 1.26. The maximum Gasteiger partial charge on any atom is 0.410 e. The third-order valence-electron chi connectivity index (χ3n) is 13.8. The molecule has 3 heterocycles. The Morgan fingerprint density at radius 1 is 0.943 bits per heavy atom. The number of allylic oxidation sites excluding steroid dienone is 1. The summed E-state index contributed by atoms with van der Waals surface area (Å²) < 4.78 is 53.6. The molecule has 2 N–H and O–H groups in total. The zero-order chi connectivity index (χ0) is 48.7. The van der Waals surface area contributed by atoms with Gasteiger partial charge >= 0.3 is 6.09 Å². The lowest BCUT2D eigenvalue weighted by atomic mass is 9.55. The van der Waals surface area contributed by atoms with Crippen LogP contribution in [0.25, 0.3) is 0 Å². The van der Waals surface area contributed by atoms with E-state index in [0.29, 0.717) is 55.3 Å². The lowest BCUT2D eigenvalue weighted by Gasteiger charge is -2.60. The van der Waals surface area contributed by atoms with Gasteiger partial charge in [-0.05, 0) is 116 Å². The molecule has 1 amide bonds. The number of halogens is 1. The number of carbonyl (C=O) groups is 1. The molecule has 13 nitrogen and oxygen atoms in total. The number of pyridine rings is 1. The van der Waals surface area contributed by atoms with Gasteiger partial charge in [-0.3, -0.25) is 9.88 Å². The van der Waals surface area contributed by atoms with Crippen LogP contribution in [0.15, 0.2) is 120 Å². The highest BCUT2D eigenvalue weighted by molar-refractivity contribution is 6.03. The van der Waals surface area contributed by atoms with Crippen LogP contribution in [0.3, 0.4) is 0 Å². The fourth-order valence-corrected chi connectivity index (χ4v) is 10.6. The number of ether oxygens (including phenoxy) is 6. The lowest BCUT2D eigenvalue weighted by molar-refractivity contribution is -0.256. The SMILES string of the molecule is C=CCOC12Oc3ccc(OCc4cccc(C)n4)cc3C3C(CCCCO)C(CCCCO)C=C(C(=NOC4CCCCO4)CC1N(Cc1ccc(F)cc1)C(=O)OCCOCc1ccccc1)C32. The van der Waals surface area contributed by atoms with E-state index in [9.17, 15) is 14.6 Å². The number of carbonyl (C=O) groups excluding carboxylic acids is 1. The molecule has 8 rings (SSSR count). The van der Waals surface area contributed by atoms with Crippen LogP contribution in [0, 0.1) is 30.5 Å². The number of benzene rings is 3. The minimum atomic E-state index is -1.56. The number of fused-ring (bicyclic) bond motifs is 2. The van der Waals surface area contributed by atoms with E-state index < -0.39 is 35.9 Å². The van der Waals surface area contributed by atoms with Crippen molar-refractivity contribution < 1.29 is 52.7 Å². The minimum Gasteiger partial charge on any atom is -0.487 e. The van der Waals surface area contributed by atoms with E-state index in [0.717, 1.165) is 66.6 Å². The smallest absolute Gasteiger partial charge is 0.410 e. The third-order valence-corrected chi connectivity index (χ3v) is 13.8. The van der Waals surface area contributed by atoms with Gasteiger partial charge in [0.05, 0.1) is 43.8 Å². The van der Waals surface area contributed by atoms with Gasteiger partial charge in [0.15, 0.2) is 0 Å². The lowest BCUT2D eigenvalue weighted by Crippen LogP contribution is -2.70. The van der Waals surface area contributed by atoms with Crippen LogP contribution < -0.4 is 9.47 Å². The summed E-state index contributed by atoms with van der Waals surface area (Å²) >= 11 is 0. The molecule has 0 spiro atoms. The van der Waals surface area contributed by atoms with Gasteiger partial charge in [0, 0.05) is 49.8 Å². The molecule has 7 atom stereocenters. The molecule has 70 heavy (non-hydrogen) atoms. The molecule has 2 fully saturated rings. The van der Waals surface area contributed by atoms with Crippen LogP contribution in [-0.2, 0) is 43.5 Å². The molecule has 14 heteroatoms. The van der Waals surface area contributed by atoms with Crippen LogP contribution in [0.5, 0.6) is 11.5 Å². The summed E-state index contributed by atoms with van der Waals surface area (Å²) in [4.78, 5) is 27.6. The molecule has 1 saturated heterocycles. The molecule has 1 saturated carbocycles. The van der Waals surface area contributed by atoms with Gasteiger partial charge in [0.1, 0.15) is 36.6 Å². The molecule has 7 unspecified atom stereocenters. The maximum absolute atomic E-state index is 15.0. The van der Waals surface area contributed by atoms with E-state index in [4.69, 9.17) is 38.4 Å². The molecule has 2 aliphatic heterocycles. The highest BCUT2D eigenvalue weighted by atomic mass is 19.1. The number of nitrogens with zero attached hydrogens (tertiary/aromatic N) is 3. The fraction of sp³-hybridized carbons (Fsp3) is 0.482. The normalized spacial score (nSPS) is 24.1. The Bertz CT molecular complexity index is 2380. The molecule has 1 aromatic heterocycles. The van der Waals surface area contributed by atoms with Gasteiger partial charge in [0.2, 0.25) is 12.1 Å². The molecule has 3 aromatic carbocycles. The summed E-state index contributed by atoms with van der Waals surface area (Å²) in [6.45, 7) is 7.54. The highest BCUT2D eigenvalue weighted by Crippen LogP contribution is 2.62. The molecule has 374 valence electrons. The van der Waals surface area contributed by atoms with Crippen molar-refractivity contribution in [3.63, 3.8) is 0 Å². The van der Waals surface area contributed by atoms with E-state index in [2.05, 4.69) is 23.7 Å². The van der Waals surface area contributed by atoms with Crippen LogP contribution in [0.2, 0.25) is 0 Å². The molecule has 4 aromatic rings. The number of unbranched alkanes of at least 4 members (excludes halogenated alkanes) is 2. The van der Waals surface area contributed by atoms with Gasteiger partial charge in [-0.2, -0.15) is 0 Å². The van der Waals surface area contributed by atoms with Gasteiger partial charge in [0.25, 0.3) is 0 Å². The maximum atomic E-state index is 15.0. The standard InChI is InChI=1S/C56H68FN3O10/c1-3-29-68-56-51(60(36-40-21-23-43(57)24-22-40)55(63)66-32-31-64-37-41-15-5-4-6-16-41)35-49(59-70-52-20-9-12-30-65-52)47-33-42(17-7-10-27-61)46(19-8-11-28-62)53(54(47)56)48-34-45(25-26-50(48)69-56)67-38-44-18-13-14-39(2)58-44/h3-6,13-16,18,21-26,33-34,42,46,51-54,61-62H,1,7-12,17,19-20,27-32,35-38H2,2H3. The Hall–Kier alpha value is -5.64. The molecule has 4 aliphatic rings. The highest BCUT2D eigenvalue weighted by Gasteiger charge is 2.66. The number of aliphatic hydroxyl groups is 2. The zero-order valence-corrected chi connectivity index (χ0v) is 40.3. The Labute approximate surface area is 411 Å². The summed E-state index contributed by atoms with van der Waals surface area (Å²) in [6.07, 6.45) is 9.88. The number of hydrogen-bond donors (Lipinski definition) is 2. The predicted molar refractivity (Wildman–Crippen MR) is 262 cm³/mol. The van der Waals surface area contributed by atoms with Crippen molar-refractivity contribution in [2.45, 2.75) is 115 Å². The quantitative estimate of drug-likeness (QED) is 0.0392. The number of hydrogen-bond acceptors (Lipinski definition) is 12. The second-order valence-electron chi connectivity index (χ2n) is 18.6. The predicted octanol–water partition coefficient (Wildman–Crippen LogP) is 10.1. The van der Waals surface area contributed by atoms with Crippen molar-refractivity contribution >= 4 is 11.8 Å². The first-order valence-electron chi connectivity index (χ1n) is 25.0. The second-order valence-corrected chi connectivity index (χ2v) is 18.6. The molecular weight excluding hydrogens is 894 g/mol. The third kappa shape index (κ3) is 12.4. The van der Waals surface area contributed by atoms with E-state index in [-0.39, 0.29) is 70.4 Å². The fourth-order valence-electron chi connectivity index (χ4n) is 10.6. The van der Waals surface area contributed by atoms with Gasteiger partial charge in [-0.1, -0.05) is 78.7 Å². The second kappa shape index (κ2) is 25.0. The van der Waals surface area contributed by atoms with E-state index in [1.165, 1.54) is 12.1 Å². The Kier molecular flexibility index (Phi) is 18.1. The summed E-state index contributed by atoms with van der Waals surface area (Å²) in [6, 6.07) is 26.7. The summed E-state index contributed by atoms with van der Waals surface area (Å²) in [5.74, 6) is -1.59. The van der Waals surface area contributed by atoms with Crippen molar-refractivity contribution in [2.24, 2.45) is 22.9 Å². The Morgan fingerprint density at radius 2 is 1.76 bits per heavy atom. The summed E-state index contributed by atoms with van der Waals surface area (Å²) in [5, 5.41) is 25.1. The van der Waals surface area contributed by atoms with Crippen molar-refractivity contribution in [3.05, 3.63) is 149 Å². The number of rotatable bonds is 24. The van der Waals surface area contributed by atoms with E-state index in [1.54, 1.807) is 23.1 Å². The van der Waals surface area contributed by atoms with Gasteiger partial charge in [-0.15, -0.1) is 6.58 Å². The number of aryl methyl sites for hydroxylation is 1. The average molecular weight is 962 g/mol. The van der Waals surface area contributed by atoms with E-state index in [1.807, 2.05) is 67.6 Å². The van der Waals surface area contributed by atoms with Crippen molar-refractivity contribution in [2.75, 3.05) is 39.6 Å². The van der Waals surface area contributed by atoms with Crippen molar-refractivity contribution in [3.8, 4) is 11.5 Å². The summed E-state index contributed by atoms with van der Waals surface area (Å²) in [7, 11) is 0. The van der Waals surface area contributed by atoms with E-state index >= 15 is 4.79 Å². The minimum absolute atomic E-state index is 0.0103. The zero-order valence-electron chi connectivity index (χ0n) is 40.3. The van der Waals surface area contributed by atoms with Gasteiger partial charge in [-0.25, -0.2) is 9.18 Å². The van der Waals surface area contributed by atoms with Crippen molar-refractivity contribution in [1.82, 2.24) is 9.88 Å². The molecule has 0 radical (unpaired) electrons. The number of aromatic nitrogens is 1. The summed E-state index contributed by atoms with van der Waals surface area (Å²) in [5.41, 5.74) is 5.79. The van der Waals surface area contributed by atoms with Gasteiger partial charge < -0.3 is 43.5 Å². The monoisotopic (exact) mass is 961 g/mol. The van der Waals surface area contributed by atoms with Crippen molar-refractivity contribution in [1.29, 1.82) is 0 Å². The average Bonchev–Trinajstić information content (AvgIpc) is 3.38. The topological polar surface area (TPSA) is 151 Å². The first-order valence-corrected chi connectivity index (χ1v) is 25.0. The number of oxime groups is 1. The molecule has 0 bridgehead atoms. The van der Waals surface area contributed by atoms with Crippen LogP contribution in [-0.4, -0.2) is 89.7 Å². The largest absolute Gasteiger partial charge is 0.487 e. The number of aliphatic hydroxyl groups excluding tert-OH is 2. The molecule has 2 aliphatic carbocycles. The Morgan fingerprint density at radius 3 is 2.51 bits per heavy atom. The molecular formula is C56H68FN3O10.